The lowest BCUT2D eigenvalue weighted by molar-refractivity contribution is -0.143. The van der Waals surface area contributed by atoms with E-state index in [4.69, 9.17) is 4.74 Å². The van der Waals surface area contributed by atoms with Crippen LogP contribution in [0.1, 0.15) is 36.4 Å². The number of carbonyl (C=O) groups excluding carboxylic acids is 2. The fraction of sp³-hybridized carbons (Fsp3) is 0.333. The number of benzene rings is 2. The number of nitrogens with zero attached hydrogens (tertiary/aromatic N) is 1. The lowest BCUT2D eigenvalue weighted by Crippen LogP contribution is -2.52. The number of carbonyl (C=O) groups is 2. The van der Waals surface area contributed by atoms with Gasteiger partial charge in [-0.15, -0.1) is 0 Å². The molecular weight excluding hydrogens is 347 g/mol. The number of hydrogen-bond acceptors (Lipinski definition) is 3. The van der Waals surface area contributed by atoms with Crippen LogP contribution in [0.15, 0.2) is 48.5 Å². The second-order valence-corrected chi connectivity index (χ2v) is 6.71. The number of rotatable bonds is 5. The molecule has 5 nitrogen and oxygen atoms in total. The Bertz CT molecular complexity index is 805. The molecule has 6 heteroatoms. The highest BCUT2D eigenvalue weighted by atomic mass is 19.1. The Labute approximate surface area is 158 Å². The van der Waals surface area contributed by atoms with Crippen LogP contribution < -0.4 is 10.1 Å². The van der Waals surface area contributed by atoms with Crippen LogP contribution in [-0.4, -0.2) is 36.9 Å². The van der Waals surface area contributed by atoms with Crippen LogP contribution in [0.4, 0.5) is 4.39 Å². The molecule has 1 fully saturated rings. The summed E-state index contributed by atoms with van der Waals surface area (Å²) in [6.07, 6.45) is 0.289. The maximum absolute atomic E-state index is 13.2. The molecule has 0 spiro atoms. The van der Waals surface area contributed by atoms with Gasteiger partial charge < -0.3 is 15.0 Å². The molecule has 1 heterocycles. The summed E-state index contributed by atoms with van der Waals surface area (Å²) in [6, 6.07) is 12.6. The van der Waals surface area contributed by atoms with Crippen molar-refractivity contribution in [2.75, 3.05) is 20.2 Å². The third kappa shape index (κ3) is 4.27. The van der Waals surface area contributed by atoms with Crippen molar-refractivity contribution in [1.29, 1.82) is 0 Å². The van der Waals surface area contributed by atoms with Crippen LogP contribution in [0.5, 0.6) is 5.75 Å². The van der Waals surface area contributed by atoms with Gasteiger partial charge in [-0.25, -0.2) is 4.39 Å². The van der Waals surface area contributed by atoms with Crippen molar-refractivity contribution >= 4 is 11.8 Å². The van der Waals surface area contributed by atoms with Gasteiger partial charge in [0.05, 0.1) is 7.11 Å². The lowest BCUT2D eigenvalue weighted by atomic mass is 9.95. The highest BCUT2D eigenvalue weighted by Gasteiger charge is 2.34. The molecule has 2 aromatic rings. The van der Waals surface area contributed by atoms with Crippen molar-refractivity contribution in [3.63, 3.8) is 0 Å². The van der Waals surface area contributed by atoms with Crippen LogP contribution in [0.2, 0.25) is 0 Å². The molecule has 0 aliphatic carbocycles. The first-order valence-electron chi connectivity index (χ1n) is 8.96. The van der Waals surface area contributed by atoms with Gasteiger partial charge in [-0.1, -0.05) is 31.2 Å². The molecule has 0 bridgehead atoms. The first kappa shape index (κ1) is 18.9. The molecule has 27 heavy (non-hydrogen) atoms. The van der Waals surface area contributed by atoms with Crippen molar-refractivity contribution < 1.29 is 18.7 Å². The molecule has 2 aromatic carbocycles. The van der Waals surface area contributed by atoms with Gasteiger partial charge in [0.25, 0.3) is 0 Å². The zero-order valence-corrected chi connectivity index (χ0v) is 15.4. The molecule has 142 valence electrons. The number of amides is 2. The van der Waals surface area contributed by atoms with Crippen molar-refractivity contribution in [2.24, 2.45) is 0 Å². The number of halogens is 1. The number of methoxy groups -OCH3 is 1. The molecule has 1 saturated heterocycles. The fourth-order valence-corrected chi connectivity index (χ4v) is 3.34. The SMILES string of the molecule is COc1ccc(C(C)CC(=O)N2CCNC(=O)C2c2ccc(F)cc2)cc1. The molecule has 1 N–H and O–H groups in total. The van der Waals surface area contributed by atoms with E-state index >= 15 is 0 Å². The summed E-state index contributed by atoms with van der Waals surface area (Å²) < 4.78 is 18.4. The molecule has 0 radical (unpaired) electrons. The van der Waals surface area contributed by atoms with Gasteiger partial charge in [0.2, 0.25) is 11.8 Å². The van der Waals surface area contributed by atoms with E-state index in [0.29, 0.717) is 18.7 Å². The summed E-state index contributed by atoms with van der Waals surface area (Å²) in [6.45, 7) is 2.83. The van der Waals surface area contributed by atoms with Crippen LogP contribution in [0, 0.1) is 5.82 Å². The van der Waals surface area contributed by atoms with E-state index in [1.165, 1.54) is 12.1 Å². The molecule has 0 saturated carbocycles. The second-order valence-electron chi connectivity index (χ2n) is 6.71. The smallest absolute Gasteiger partial charge is 0.247 e. The zero-order valence-electron chi connectivity index (χ0n) is 15.4. The largest absolute Gasteiger partial charge is 0.497 e. The van der Waals surface area contributed by atoms with Gasteiger partial charge in [-0.3, -0.25) is 9.59 Å². The number of piperazine rings is 1. The molecule has 0 aromatic heterocycles. The number of nitrogens with one attached hydrogen (secondary N) is 1. The summed E-state index contributed by atoms with van der Waals surface area (Å²) in [5.41, 5.74) is 1.64. The minimum absolute atomic E-state index is 0.00209. The first-order chi connectivity index (χ1) is 13.0. The van der Waals surface area contributed by atoms with Gasteiger partial charge in [0, 0.05) is 19.5 Å². The third-order valence-corrected chi connectivity index (χ3v) is 4.88. The topological polar surface area (TPSA) is 58.6 Å². The Morgan fingerprint density at radius 1 is 1.22 bits per heavy atom. The Kier molecular flexibility index (Phi) is 5.74. The first-order valence-corrected chi connectivity index (χ1v) is 8.96. The quantitative estimate of drug-likeness (QED) is 0.880. The molecule has 2 unspecified atom stereocenters. The summed E-state index contributed by atoms with van der Waals surface area (Å²) in [4.78, 5) is 26.9. The highest BCUT2D eigenvalue weighted by Crippen LogP contribution is 2.28. The van der Waals surface area contributed by atoms with Crippen LogP contribution >= 0.6 is 0 Å². The van der Waals surface area contributed by atoms with Crippen molar-refractivity contribution in [3.8, 4) is 5.75 Å². The second kappa shape index (κ2) is 8.20. The Morgan fingerprint density at radius 2 is 1.89 bits per heavy atom. The number of ether oxygens (including phenoxy) is 1. The third-order valence-electron chi connectivity index (χ3n) is 4.88. The van der Waals surface area contributed by atoms with Gasteiger partial charge in [0.1, 0.15) is 17.6 Å². The monoisotopic (exact) mass is 370 g/mol. The maximum atomic E-state index is 13.2. The number of hydrogen-bond donors (Lipinski definition) is 1. The molecule has 1 aliphatic heterocycles. The van der Waals surface area contributed by atoms with E-state index in [2.05, 4.69) is 5.32 Å². The van der Waals surface area contributed by atoms with Gasteiger partial charge >= 0.3 is 0 Å². The summed E-state index contributed by atoms with van der Waals surface area (Å²) in [5, 5.41) is 2.79. The van der Waals surface area contributed by atoms with E-state index < -0.39 is 6.04 Å². The average molecular weight is 370 g/mol. The lowest BCUT2D eigenvalue weighted by Gasteiger charge is -2.36. The van der Waals surface area contributed by atoms with E-state index in [9.17, 15) is 14.0 Å². The summed E-state index contributed by atoms with van der Waals surface area (Å²) in [5.74, 6) is 0.0605. The average Bonchev–Trinajstić information content (AvgIpc) is 2.68. The van der Waals surface area contributed by atoms with Crippen molar-refractivity contribution in [3.05, 3.63) is 65.5 Å². The van der Waals surface area contributed by atoms with Crippen LogP contribution in [0.25, 0.3) is 0 Å². The van der Waals surface area contributed by atoms with Gasteiger partial charge in [-0.05, 0) is 41.3 Å². The Morgan fingerprint density at radius 3 is 2.52 bits per heavy atom. The molecular formula is C21H23FN2O3. The van der Waals surface area contributed by atoms with E-state index in [1.807, 2.05) is 31.2 Å². The normalized spacial score (nSPS) is 18.0. The van der Waals surface area contributed by atoms with Crippen LogP contribution in [0.3, 0.4) is 0 Å². The van der Waals surface area contributed by atoms with Gasteiger partial charge in [0.15, 0.2) is 0 Å². The molecule has 2 amide bonds. The summed E-state index contributed by atoms with van der Waals surface area (Å²) >= 11 is 0. The Hall–Kier alpha value is -2.89. The van der Waals surface area contributed by atoms with Crippen molar-refractivity contribution in [2.45, 2.75) is 25.3 Å². The van der Waals surface area contributed by atoms with Crippen molar-refractivity contribution in [1.82, 2.24) is 10.2 Å². The minimum atomic E-state index is -0.727. The van der Waals surface area contributed by atoms with E-state index in [-0.39, 0.29) is 30.0 Å². The molecule has 2 atom stereocenters. The predicted octanol–water partition coefficient (Wildman–Crippen LogP) is 3.03. The molecule has 1 aliphatic rings. The van der Waals surface area contributed by atoms with Crippen LogP contribution in [-0.2, 0) is 9.59 Å². The highest BCUT2D eigenvalue weighted by molar-refractivity contribution is 5.90. The predicted molar refractivity (Wildman–Crippen MR) is 99.9 cm³/mol. The van der Waals surface area contributed by atoms with E-state index in [0.717, 1.165) is 11.3 Å². The summed E-state index contributed by atoms with van der Waals surface area (Å²) in [7, 11) is 1.61. The standard InChI is InChI=1S/C21H23FN2O3/c1-14(15-5-9-18(27-2)10-6-15)13-19(25)24-12-11-23-21(26)20(24)16-3-7-17(22)8-4-16/h3-10,14,20H,11-13H2,1-2H3,(H,23,26). The fourth-order valence-electron chi connectivity index (χ4n) is 3.34. The Balaban J connectivity index is 1.76. The van der Waals surface area contributed by atoms with Gasteiger partial charge in [-0.2, -0.15) is 0 Å². The minimum Gasteiger partial charge on any atom is -0.497 e. The molecule has 3 rings (SSSR count). The van der Waals surface area contributed by atoms with E-state index in [1.54, 1.807) is 24.1 Å². The zero-order chi connectivity index (χ0) is 19.4. The maximum Gasteiger partial charge on any atom is 0.247 e.